The summed E-state index contributed by atoms with van der Waals surface area (Å²) in [7, 11) is -1.44. The van der Waals surface area contributed by atoms with Gasteiger partial charge in [0, 0.05) is 21.3 Å². The van der Waals surface area contributed by atoms with Crippen LogP contribution in [0.4, 0.5) is 11.4 Å². The molecule has 0 fully saturated rings. The average Bonchev–Trinajstić information content (AvgIpc) is 2.41. The van der Waals surface area contributed by atoms with Crippen LogP contribution in [0.3, 0.4) is 0 Å². The predicted molar refractivity (Wildman–Crippen MR) is 86.9 cm³/mol. The molecule has 1 atom stereocenters. The van der Waals surface area contributed by atoms with Crippen LogP contribution in [0.15, 0.2) is 47.4 Å². The molecule has 0 saturated carbocycles. The number of hydrogen-bond acceptors (Lipinski definition) is 3. The molecule has 2 aromatic rings. The third kappa shape index (κ3) is 4.06. The number of halogens is 1. The first-order valence-corrected chi connectivity index (χ1v) is 7.96. The van der Waals surface area contributed by atoms with Crippen molar-refractivity contribution in [3.63, 3.8) is 0 Å². The van der Waals surface area contributed by atoms with Crippen LogP contribution in [0, 0.1) is 6.92 Å². The lowest BCUT2D eigenvalue weighted by Crippen LogP contribution is -2.20. The van der Waals surface area contributed by atoms with Gasteiger partial charge >= 0.3 is 0 Å². The third-order valence-corrected chi connectivity index (χ3v) is 4.63. The van der Waals surface area contributed by atoms with Crippen molar-refractivity contribution in [1.29, 1.82) is 0 Å². The molecular weight excluding hydrogens is 308 g/mol. The number of hydrogen-bond donors (Lipinski definition) is 2. The van der Waals surface area contributed by atoms with Gasteiger partial charge in [-0.2, -0.15) is 0 Å². The van der Waals surface area contributed by atoms with Crippen LogP contribution in [0.1, 0.15) is 5.56 Å². The molecule has 0 spiro atoms. The quantitative estimate of drug-likeness (QED) is 0.850. The highest BCUT2D eigenvalue weighted by atomic mass is 35.5. The van der Waals surface area contributed by atoms with Crippen molar-refractivity contribution in [2.45, 2.75) is 11.8 Å². The molecule has 0 radical (unpaired) electrons. The molecule has 21 heavy (non-hydrogen) atoms. The number of rotatable bonds is 4. The number of nitrogens with two attached hydrogens (primary N) is 1. The van der Waals surface area contributed by atoms with Crippen LogP contribution >= 0.6 is 11.6 Å². The fourth-order valence-corrected chi connectivity index (χ4v) is 3.18. The number of nitrogen functional groups attached to an aromatic ring is 1. The number of carbonyl (C=O) groups excluding carboxylic acids is 1. The predicted octanol–water partition coefficient (Wildman–Crippen LogP) is 2.98. The van der Waals surface area contributed by atoms with E-state index in [-0.39, 0.29) is 11.7 Å². The number of amides is 1. The minimum absolute atomic E-state index is 0.128. The molecular formula is C15H15ClN2O2S. The van der Waals surface area contributed by atoms with Gasteiger partial charge in [-0.3, -0.25) is 9.00 Å². The van der Waals surface area contributed by atoms with E-state index in [2.05, 4.69) is 5.32 Å². The Morgan fingerprint density at radius 1 is 1.29 bits per heavy atom. The van der Waals surface area contributed by atoms with Crippen molar-refractivity contribution >= 4 is 39.7 Å². The van der Waals surface area contributed by atoms with Gasteiger partial charge in [-0.1, -0.05) is 23.7 Å². The molecule has 0 aromatic heterocycles. The molecule has 3 N–H and O–H groups in total. The Kier molecular flexibility index (Phi) is 4.98. The Bertz CT molecular complexity index is 704. The van der Waals surface area contributed by atoms with Crippen molar-refractivity contribution in [1.82, 2.24) is 0 Å². The highest BCUT2D eigenvalue weighted by molar-refractivity contribution is 7.85. The fraction of sp³-hybridized carbons (Fsp3) is 0.133. The second kappa shape index (κ2) is 6.74. The summed E-state index contributed by atoms with van der Waals surface area (Å²) >= 11 is 5.84. The van der Waals surface area contributed by atoms with Crippen molar-refractivity contribution < 1.29 is 9.00 Å². The van der Waals surface area contributed by atoms with Crippen LogP contribution in [0.2, 0.25) is 5.02 Å². The van der Waals surface area contributed by atoms with Crippen molar-refractivity contribution in [2.24, 2.45) is 0 Å². The van der Waals surface area contributed by atoms with Crippen LogP contribution in [0.5, 0.6) is 0 Å². The highest BCUT2D eigenvalue weighted by Gasteiger charge is 2.13. The zero-order valence-electron chi connectivity index (χ0n) is 11.4. The normalized spacial score (nSPS) is 11.9. The lowest BCUT2D eigenvalue weighted by Gasteiger charge is -2.09. The molecule has 0 heterocycles. The standard InChI is InChI=1S/C15H15ClN2O2S/c1-10-13(17)6-3-7-14(10)21(20)9-15(19)18-12-5-2-4-11(16)8-12/h2-8H,9,17H2,1H3,(H,18,19). The summed E-state index contributed by atoms with van der Waals surface area (Å²) in [4.78, 5) is 12.5. The minimum Gasteiger partial charge on any atom is -0.398 e. The van der Waals surface area contributed by atoms with Gasteiger partial charge in [0.25, 0.3) is 0 Å². The van der Waals surface area contributed by atoms with E-state index in [1.807, 2.05) is 0 Å². The van der Waals surface area contributed by atoms with E-state index < -0.39 is 10.8 Å². The maximum atomic E-state index is 12.3. The average molecular weight is 323 g/mol. The molecule has 0 aliphatic heterocycles. The molecule has 0 aliphatic rings. The second-order valence-corrected chi connectivity index (χ2v) is 6.37. The Labute approximate surface area is 130 Å². The number of nitrogens with one attached hydrogen (secondary N) is 1. The first-order chi connectivity index (χ1) is 9.97. The van der Waals surface area contributed by atoms with Crippen molar-refractivity contribution in [3.05, 3.63) is 53.1 Å². The number of anilines is 2. The summed E-state index contributed by atoms with van der Waals surface area (Å²) in [5, 5.41) is 3.20. The lowest BCUT2D eigenvalue weighted by molar-refractivity contribution is -0.113. The Balaban J connectivity index is 2.06. The molecule has 0 aliphatic carbocycles. The number of carbonyl (C=O) groups is 1. The van der Waals surface area contributed by atoms with E-state index in [0.717, 1.165) is 5.56 Å². The van der Waals surface area contributed by atoms with E-state index in [4.69, 9.17) is 17.3 Å². The smallest absolute Gasteiger partial charge is 0.237 e. The van der Waals surface area contributed by atoms with E-state index in [0.29, 0.717) is 21.3 Å². The second-order valence-electron chi connectivity index (χ2n) is 4.52. The lowest BCUT2D eigenvalue weighted by atomic mass is 10.2. The zero-order chi connectivity index (χ0) is 15.4. The van der Waals surface area contributed by atoms with Gasteiger partial charge in [0.1, 0.15) is 5.75 Å². The molecule has 1 amide bonds. The largest absolute Gasteiger partial charge is 0.398 e. The van der Waals surface area contributed by atoms with E-state index >= 15 is 0 Å². The Morgan fingerprint density at radius 2 is 2.00 bits per heavy atom. The van der Waals surface area contributed by atoms with Gasteiger partial charge in [0.15, 0.2) is 0 Å². The molecule has 0 bridgehead atoms. The van der Waals surface area contributed by atoms with Crippen LogP contribution in [0.25, 0.3) is 0 Å². The zero-order valence-corrected chi connectivity index (χ0v) is 13.0. The topological polar surface area (TPSA) is 72.2 Å². The molecule has 2 rings (SSSR count). The van der Waals surface area contributed by atoms with E-state index in [1.165, 1.54) is 0 Å². The van der Waals surface area contributed by atoms with Gasteiger partial charge in [0.05, 0.1) is 10.8 Å². The first-order valence-electron chi connectivity index (χ1n) is 6.26. The van der Waals surface area contributed by atoms with Crippen molar-refractivity contribution in [2.75, 3.05) is 16.8 Å². The summed E-state index contributed by atoms with van der Waals surface area (Å²) in [5.41, 5.74) is 7.67. The van der Waals surface area contributed by atoms with Gasteiger partial charge in [-0.25, -0.2) is 0 Å². The first kappa shape index (κ1) is 15.5. The molecule has 6 heteroatoms. The van der Waals surface area contributed by atoms with Crippen molar-refractivity contribution in [3.8, 4) is 0 Å². The van der Waals surface area contributed by atoms with Crippen LogP contribution in [-0.2, 0) is 15.6 Å². The summed E-state index contributed by atoms with van der Waals surface area (Å²) < 4.78 is 12.3. The van der Waals surface area contributed by atoms with Crippen LogP contribution in [-0.4, -0.2) is 15.9 Å². The maximum Gasteiger partial charge on any atom is 0.237 e. The molecule has 110 valence electrons. The monoisotopic (exact) mass is 322 g/mol. The molecule has 0 saturated heterocycles. The maximum absolute atomic E-state index is 12.3. The minimum atomic E-state index is -1.44. The SMILES string of the molecule is Cc1c(N)cccc1S(=O)CC(=O)Nc1cccc(Cl)c1. The number of benzene rings is 2. The van der Waals surface area contributed by atoms with Gasteiger partial charge in [-0.05, 0) is 42.8 Å². The molecule has 4 nitrogen and oxygen atoms in total. The summed E-state index contributed by atoms with van der Waals surface area (Å²) in [6.45, 7) is 1.79. The third-order valence-electron chi connectivity index (χ3n) is 2.94. The molecule has 2 aromatic carbocycles. The van der Waals surface area contributed by atoms with Gasteiger partial charge < -0.3 is 11.1 Å². The van der Waals surface area contributed by atoms with Gasteiger partial charge in [0.2, 0.25) is 5.91 Å². The molecule has 1 unspecified atom stereocenters. The summed E-state index contributed by atoms with van der Waals surface area (Å²) in [6.07, 6.45) is 0. The fourth-order valence-electron chi connectivity index (χ4n) is 1.84. The summed E-state index contributed by atoms with van der Waals surface area (Å²) in [6, 6.07) is 12.0. The Morgan fingerprint density at radius 3 is 2.71 bits per heavy atom. The van der Waals surface area contributed by atoms with Crippen LogP contribution < -0.4 is 11.1 Å². The summed E-state index contributed by atoms with van der Waals surface area (Å²) in [5.74, 6) is -0.464. The highest BCUT2D eigenvalue weighted by Crippen LogP contribution is 2.20. The Hall–Kier alpha value is -1.85. The van der Waals surface area contributed by atoms with E-state index in [9.17, 15) is 9.00 Å². The van der Waals surface area contributed by atoms with Gasteiger partial charge in [-0.15, -0.1) is 0 Å². The van der Waals surface area contributed by atoms with E-state index in [1.54, 1.807) is 49.4 Å².